The molecule has 104 valence electrons. The number of carboxylic acid groups (broad SMARTS) is 1. The van der Waals surface area contributed by atoms with Crippen molar-refractivity contribution in [3.8, 4) is 5.75 Å². The highest BCUT2D eigenvalue weighted by Gasteiger charge is 2.37. The van der Waals surface area contributed by atoms with Crippen molar-refractivity contribution >= 4 is 27.6 Å². The van der Waals surface area contributed by atoms with Gasteiger partial charge in [-0.3, -0.25) is 14.9 Å². The number of nitrogens with zero attached hydrogens (tertiary/aromatic N) is 1. The zero-order valence-corrected chi connectivity index (χ0v) is 11.9. The molecule has 0 bridgehead atoms. The number of hydrogen-bond acceptors (Lipinski definition) is 4. The van der Waals surface area contributed by atoms with E-state index in [0.717, 1.165) is 6.07 Å². The van der Waals surface area contributed by atoms with Crippen LogP contribution in [0.4, 0.5) is 10.1 Å². The largest absolute Gasteiger partial charge is 0.495 e. The number of methoxy groups -OCH3 is 1. The van der Waals surface area contributed by atoms with Gasteiger partial charge in [0.2, 0.25) is 5.82 Å². The van der Waals surface area contributed by atoms with Gasteiger partial charge in [-0.1, -0.05) is 0 Å². The van der Waals surface area contributed by atoms with Crippen LogP contribution >= 0.6 is 15.9 Å². The number of halogens is 2. The Labute approximate surface area is 116 Å². The Kier molecular flexibility index (Phi) is 4.14. The fourth-order valence-corrected chi connectivity index (χ4v) is 2.09. The molecule has 0 saturated heterocycles. The molecule has 19 heavy (non-hydrogen) atoms. The van der Waals surface area contributed by atoms with Gasteiger partial charge in [0.1, 0.15) is 10.2 Å². The highest BCUT2D eigenvalue weighted by molar-refractivity contribution is 9.10. The zero-order chi connectivity index (χ0) is 15.0. The second-order valence-corrected chi connectivity index (χ2v) is 5.08. The molecular weight excluding hydrogens is 325 g/mol. The molecule has 1 aromatic carbocycles. The minimum absolute atomic E-state index is 0.0162. The number of carbonyl (C=O) groups is 1. The van der Waals surface area contributed by atoms with Gasteiger partial charge < -0.3 is 9.84 Å². The van der Waals surface area contributed by atoms with Gasteiger partial charge in [-0.2, -0.15) is 4.39 Å². The van der Waals surface area contributed by atoms with E-state index in [9.17, 15) is 19.3 Å². The first-order valence-electron chi connectivity index (χ1n) is 5.08. The number of nitro benzene ring substituents is 1. The first-order chi connectivity index (χ1) is 8.64. The van der Waals surface area contributed by atoms with E-state index in [1.165, 1.54) is 21.0 Å². The SMILES string of the molecule is COc1c(C(C)(C)C(=O)O)cc([N+](=O)[O-])c(F)c1Br. The summed E-state index contributed by atoms with van der Waals surface area (Å²) in [4.78, 5) is 21.1. The standard InChI is InChI=1S/C11H11BrFNO5/c1-11(2,10(15)16)5-4-6(14(17)18)8(13)7(12)9(5)19-3/h4H,1-3H3,(H,15,16). The summed E-state index contributed by atoms with van der Waals surface area (Å²) in [5, 5.41) is 19.9. The molecule has 0 fully saturated rings. The highest BCUT2D eigenvalue weighted by Crippen LogP contribution is 2.42. The lowest BCUT2D eigenvalue weighted by Gasteiger charge is -2.23. The van der Waals surface area contributed by atoms with Crippen molar-refractivity contribution in [3.05, 3.63) is 32.0 Å². The van der Waals surface area contributed by atoms with Crippen LogP contribution in [0.3, 0.4) is 0 Å². The monoisotopic (exact) mass is 335 g/mol. The van der Waals surface area contributed by atoms with E-state index in [0.29, 0.717) is 0 Å². The Hall–Kier alpha value is -1.70. The molecule has 1 N–H and O–H groups in total. The van der Waals surface area contributed by atoms with Crippen molar-refractivity contribution in [1.82, 2.24) is 0 Å². The number of carboxylic acids is 1. The summed E-state index contributed by atoms with van der Waals surface area (Å²) in [5.74, 6) is -2.39. The number of hydrogen-bond donors (Lipinski definition) is 1. The molecule has 0 atom stereocenters. The molecule has 1 aromatic rings. The molecule has 0 spiro atoms. The molecule has 0 aliphatic rings. The average Bonchev–Trinajstić information content (AvgIpc) is 2.31. The van der Waals surface area contributed by atoms with Gasteiger partial charge >= 0.3 is 11.7 Å². The van der Waals surface area contributed by atoms with Crippen LogP contribution in [-0.4, -0.2) is 23.1 Å². The van der Waals surface area contributed by atoms with Crippen LogP contribution in [0.1, 0.15) is 19.4 Å². The third-order valence-corrected chi connectivity index (χ3v) is 3.46. The zero-order valence-electron chi connectivity index (χ0n) is 10.4. The Balaban J connectivity index is 3.73. The average molecular weight is 336 g/mol. The Bertz CT molecular complexity index is 559. The summed E-state index contributed by atoms with van der Waals surface area (Å²) in [7, 11) is 1.23. The lowest BCUT2D eigenvalue weighted by molar-refractivity contribution is -0.387. The minimum Gasteiger partial charge on any atom is -0.495 e. The van der Waals surface area contributed by atoms with Crippen molar-refractivity contribution in [3.63, 3.8) is 0 Å². The van der Waals surface area contributed by atoms with Gasteiger partial charge in [0.25, 0.3) is 0 Å². The summed E-state index contributed by atoms with van der Waals surface area (Å²) in [6.45, 7) is 2.70. The molecule has 0 aliphatic carbocycles. The Morgan fingerprint density at radius 1 is 1.58 bits per heavy atom. The summed E-state index contributed by atoms with van der Waals surface area (Å²) < 4.78 is 18.4. The smallest absolute Gasteiger partial charge is 0.313 e. The second-order valence-electron chi connectivity index (χ2n) is 4.29. The lowest BCUT2D eigenvalue weighted by Crippen LogP contribution is -2.29. The van der Waals surface area contributed by atoms with E-state index >= 15 is 0 Å². The van der Waals surface area contributed by atoms with Crippen molar-refractivity contribution in [2.24, 2.45) is 0 Å². The van der Waals surface area contributed by atoms with Crippen molar-refractivity contribution in [2.45, 2.75) is 19.3 Å². The Morgan fingerprint density at radius 2 is 2.11 bits per heavy atom. The fraction of sp³-hybridized carbons (Fsp3) is 0.364. The molecule has 0 amide bonds. The third-order valence-electron chi connectivity index (χ3n) is 2.75. The molecule has 0 aromatic heterocycles. The molecule has 0 saturated carbocycles. The van der Waals surface area contributed by atoms with Crippen molar-refractivity contribution in [2.75, 3.05) is 7.11 Å². The van der Waals surface area contributed by atoms with E-state index in [-0.39, 0.29) is 15.8 Å². The quantitative estimate of drug-likeness (QED) is 0.674. The number of nitro groups is 1. The van der Waals surface area contributed by atoms with Crippen LogP contribution in [0, 0.1) is 15.9 Å². The summed E-state index contributed by atoms with van der Waals surface area (Å²) >= 11 is 2.85. The van der Waals surface area contributed by atoms with E-state index in [1.54, 1.807) is 0 Å². The minimum atomic E-state index is -1.47. The summed E-state index contributed by atoms with van der Waals surface area (Å²) in [6, 6.07) is 0.882. The van der Waals surface area contributed by atoms with E-state index in [1.807, 2.05) is 0 Å². The maximum Gasteiger partial charge on any atom is 0.313 e. The van der Waals surface area contributed by atoms with Gasteiger partial charge in [-0.25, -0.2) is 0 Å². The van der Waals surface area contributed by atoms with E-state index in [2.05, 4.69) is 15.9 Å². The number of ether oxygens (including phenoxy) is 1. The third kappa shape index (κ3) is 2.53. The molecule has 6 nitrogen and oxygen atoms in total. The van der Waals surface area contributed by atoms with Gasteiger partial charge in [0.05, 0.1) is 17.4 Å². The number of benzene rings is 1. The van der Waals surface area contributed by atoms with Gasteiger partial charge in [-0.15, -0.1) is 0 Å². The number of rotatable bonds is 4. The van der Waals surface area contributed by atoms with Crippen LogP contribution in [-0.2, 0) is 10.2 Å². The summed E-state index contributed by atoms with van der Waals surface area (Å²) in [6.07, 6.45) is 0. The molecule has 8 heteroatoms. The highest BCUT2D eigenvalue weighted by atomic mass is 79.9. The summed E-state index contributed by atoms with van der Waals surface area (Å²) in [5.41, 5.74) is -2.26. The van der Waals surface area contributed by atoms with Crippen molar-refractivity contribution < 1.29 is 24.0 Å². The van der Waals surface area contributed by atoms with E-state index < -0.39 is 27.8 Å². The number of aliphatic carboxylic acids is 1. The molecule has 0 radical (unpaired) electrons. The van der Waals surface area contributed by atoms with Gasteiger partial charge in [-0.05, 0) is 29.8 Å². The molecule has 0 aliphatic heterocycles. The molecule has 0 unspecified atom stereocenters. The van der Waals surface area contributed by atoms with Crippen LogP contribution in [0.5, 0.6) is 5.75 Å². The first-order valence-corrected chi connectivity index (χ1v) is 5.88. The van der Waals surface area contributed by atoms with Crippen LogP contribution in [0.15, 0.2) is 10.5 Å². The van der Waals surface area contributed by atoms with E-state index in [4.69, 9.17) is 9.84 Å². The molecule has 0 heterocycles. The molecule has 1 rings (SSSR count). The van der Waals surface area contributed by atoms with Crippen LogP contribution < -0.4 is 4.74 Å². The maximum absolute atomic E-state index is 13.8. The second kappa shape index (κ2) is 5.12. The predicted molar refractivity (Wildman–Crippen MR) is 68.0 cm³/mol. The normalized spacial score (nSPS) is 11.2. The topological polar surface area (TPSA) is 89.7 Å². The molecular formula is C11H11BrFNO5. The van der Waals surface area contributed by atoms with Crippen molar-refractivity contribution in [1.29, 1.82) is 0 Å². The Morgan fingerprint density at radius 3 is 2.47 bits per heavy atom. The van der Waals surface area contributed by atoms with Crippen LogP contribution in [0.2, 0.25) is 0 Å². The lowest BCUT2D eigenvalue weighted by atomic mass is 9.84. The van der Waals surface area contributed by atoms with Gasteiger partial charge in [0, 0.05) is 11.6 Å². The van der Waals surface area contributed by atoms with Gasteiger partial charge in [0.15, 0.2) is 0 Å². The maximum atomic E-state index is 13.8. The fourth-order valence-electron chi connectivity index (χ4n) is 1.51. The first kappa shape index (κ1) is 15.4. The van der Waals surface area contributed by atoms with Crippen LogP contribution in [0.25, 0.3) is 0 Å². The predicted octanol–water partition coefficient (Wildman–Crippen LogP) is 2.87.